The lowest BCUT2D eigenvalue weighted by molar-refractivity contribution is 0.445. The summed E-state index contributed by atoms with van der Waals surface area (Å²) in [5.41, 5.74) is 19.6. The van der Waals surface area contributed by atoms with E-state index >= 15 is 0 Å². The molecule has 0 radical (unpaired) electrons. The van der Waals surface area contributed by atoms with E-state index in [0.29, 0.717) is 17.8 Å². The highest BCUT2D eigenvalue weighted by atomic mass is 16.3. The van der Waals surface area contributed by atoms with Crippen LogP contribution in [-0.4, -0.2) is 0 Å². The van der Waals surface area contributed by atoms with Gasteiger partial charge < -0.3 is 14.6 Å². The highest BCUT2D eigenvalue weighted by molar-refractivity contribution is 6.29. The fourth-order valence-corrected chi connectivity index (χ4v) is 12.5. The molecule has 3 heteroatoms. The average Bonchev–Trinajstić information content (AvgIpc) is 3.76. The molecule has 340 valence electrons. The molecule has 68 heavy (non-hydrogen) atoms. The predicted octanol–water partition coefficient (Wildman–Crippen LogP) is 19.8. The molecule has 0 unspecified atom stereocenters. The molecule has 0 amide bonds. The molecule has 1 heterocycles. The van der Waals surface area contributed by atoms with Gasteiger partial charge in [-0.1, -0.05) is 143 Å². The summed E-state index contributed by atoms with van der Waals surface area (Å²) in [6, 6.07) is 51.3. The Kier molecular flexibility index (Phi) is 10.8. The lowest BCUT2D eigenvalue weighted by Crippen LogP contribution is -2.14. The van der Waals surface area contributed by atoms with Crippen LogP contribution in [0.4, 0.5) is 28.4 Å². The van der Waals surface area contributed by atoms with Crippen LogP contribution in [0.2, 0.25) is 0 Å². The summed E-state index contributed by atoms with van der Waals surface area (Å²) in [5.74, 6) is 1.41. The monoisotopic (exact) mass is 889 g/mol. The van der Waals surface area contributed by atoms with Gasteiger partial charge in [-0.05, 0) is 180 Å². The Morgan fingerprint density at radius 3 is 1.75 bits per heavy atom. The second kappa shape index (κ2) is 17.2. The second-order valence-electron chi connectivity index (χ2n) is 20.9. The first-order chi connectivity index (χ1) is 33.2. The Hall–Kier alpha value is -6.58. The third kappa shape index (κ3) is 7.15. The molecule has 1 aromatic heterocycles. The Labute approximate surface area is 402 Å². The minimum Gasteiger partial charge on any atom is -0.453 e. The number of hydrogen-bond donors (Lipinski definition) is 1. The molecule has 0 bridgehead atoms. The molecule has 2 aliphatic carbocycles. The maximum atomic E-state index is 7.37. The van der Waals surface area contributed by atoms with Crippen LogP contribution >= 0.6 is 0 Å². The van der Waals surface area contributed by atoms with Crippen LogP contribution in [0.25, 0.3) is 65.4 Å². The van der Waals surface area contributed by atoms with E-state index in [4.69, 9.17) is 4.42 Å². The molecule has 2 saturated carbocycles. The Morgan fingerprint density at radius 1 is 0.471 bits per heavy atom. The van der Waals surface area contributed by atoms with Crippen LogP contribution in [0.5, 0.6) is 0 Å². The zero-order valence-electron chi connectivity index (χ0n) is 40.9. The van der Waals surface area contributed by atoms with Gasteiger partial charge in [-0.15, -0.1) is 0 Å². The van der Waals surface area contributed by atoms with Crippen molar-refractivity contribution in [1.82, 2.24) is 0 Å². The molecule has 0 atom stereocenters. The highest BCUT2D eigenvalue weighted by Crippen LogP contribution is 2.53. The second-order valence-corrected chi connectivity index (χ2v) is 20.9. The van der Waals surface area contributed by atoms with Gasteiger partial charge in [-0.25, -0.2) is 0 Å². The molecule has 10 aromatic rings. The summed E-state index contributed by atoms with van der Waals surface area (Å²) in [7, 11) is 0. The van der Waals surface area contributed by atoms with E-state index in [1.807, 2.05) is 0 Å². The summed E-state index contributed by atoms with van der Waals surface area (Å²) in [5, 5.41) is 14.5. The summed E-state index contributed by atoms with van der Waals surface area (Å²) in [6.07, 6.45) is 12.7. The predicted molar refractivity (Wildman–Crippen MR) is 292 cm³/mol. The van der Waals surface area contributed by atoms with Gasteiger partial charge in [-0.2, -0.15) is 0 Å². The van der Waals surface area contributed by atoms with Crippen LogP contribution in [0.15, 0.2) is 138 Å². The maximum Gasteiger partial charge on any atom is 0.159 e. The summed E-state index contributed by atoms with van der Waals surface area (Å²) in [6.45, 7) is 13.5. The third-order valence-electron chi connectivity index (χ3n) is 16.4. The van der Waals surface area contributed by atoms with E-state index in [0.717, 1.165) is 44.6 Å². The zero-order chi connectivity index (χ0) is 46.2. The molecular formula is C65H64N2O. The van der Waals surface area contributed by atoms with Crippen molar-refractivity contribution < 1.29 is 4.42 Å². The molecule has 9 aromatic carbocycles. The number of hydrogen-bond acceptors (Lipinski definition) is 3. The van der Waals surface area contributed by atoms with Gasteiger partial charge in [0.25, 0.3) is 0 Å². The van der Waals surface area contributed by atoms with Crippen LogP contribution < -0.4 is 10.2 Å². The molecule has 0 spiro atoms. The van der Waals surface area contributed by atoms with Crippen LogP contribution in [0, 0.1) is 27.7 Å². The SMILES string of the molecule is Cc1ccc(Nc2cc(C3CCCCC3)c3ccc4c(N(c5ccc(C)c(C)c5)c5cccc6c5oc5c(-c7ccccc7C(C)C)cccc56)cc(C5CCCCC5)c5ccc2c3c54)cc1C. The fraction of sp³-hybridized carbons (Fsp3) is 0.292. The molecule has 0 aliphatic heterocycles. The van der Waals surface area contributed by atoms with Crippen LogP contribution in [-0.2, 0) is 0 Å². The van der Waals surface area contributed by atoms with Gasteiger partial charge in [0, 0.05) is 44.2 Å². The number of benzene rings is 9. The van der Waals surface area contributed by atoms with E-state index in [1.54, 1.807) is 0 Å². The zero-order valence-corrected chi connectivity index (χ0v) is 40.9. The fourth-order valence-electron chi connectivity index (χ4n) is 12.5. The molecule has 2 fully saturated rings. The third-order valence-corrected chi connectivity index (χ3v) is 16.4. The van der Waals surface area contributed by atoms with E-state index in [-0.39, 0.29) is 0 Å². The van der Waals surface area contributed by atoms with E-state index in [9.17, 15) is 0 Å². The minimum absolute atomic E-state index is 0.381. The molecular weight excluding hydrogens is 825 g/mol. The van der Waals surface area contributed by atoms with Crippen molar-refractivity contribution >= 4 is 82.7 Å². The number of aryl methyl sites for hydroxylation is 4. The summed E-state index contributed by atoms with van der Waals surface area (Å²) in [4.78, 5) is 2.56. The minimum atomic E-state index is 0.381. The Bertz CT molecular complexity index is 3540. The number of fused-ring (bicyclic) bond motifs is 3. The normalized spacial score (nSPS) is 15.2. The van der Waals surface area contributed by atoms with Crippen molar-refractivity contribution in [2.24, 2.45) is 0 Å². The standard InChI is InChI=1S/C65H64N2O/c1-39(2)48-21-13-14-22-49(48)52-23-15-24-53-54-25-16-26-60(65(54)68-64(52)53)67(47-30-28-41(4)43(6)36-47)61-38-58(45-19-11-8-12-20-45)51-31-33-55-59(66-46-29-27-40(3)42(5)35-46)37-57(44-17-9-7-10-18-44)50-32-34-56(61)63(51)62(50)55/h13-16,21-39,44-45,66H,7-12,17-20H2,1-6H3. The first-order valence-corrected chi connectivity index (χ1v) is 25.8. The molecule has 1 N–H and O–H groups in total. The van der Waals surface area contributed by atoms with Crippen LogP contribution in [0.3, 0.4) is 0 Å². The van der Waals surface area contributed by atoms with Crippen molar-refractivity contribution in [3.63, 3.8) is 0 Å². The number of anilines is 5. The van der Waals surface area contributed by atoms with E-state index in [1.165, 1.54) is 152 Å². The highest BCUT2D eigenvalue weighted by Gasteiger charge is 2.29. The van der Waals surface area contributed by atoms with Gasteiger partial charge in [0.15, 0.2) is 5.58 Å². The summed E-state index contributed by atoms with van der Waals surface area (Å²) < 4.78 is 7.37. The van der Waals surface area contributed by atoms with Crippen molar-refractivity contribution in [1.29, 1.82) is 0 Å². The quantitative estimate of drug-likeness (QED) is 0.146. The van der Waals surface area contributed by atoms with Gasteiger partial charge >= 0.3 is 0 Å². The Balaban J connectivity index is 1.17. The van der Waals surface area contributed by atoms with Crippen molar-refractivity contribution in [3.8, 4) is 11.1 Å². The summed E-state index contributed by atoms with van der Waals surface area (Å²) >= 11 is 0. The number of para-hydroxylation sites is 2. The Morgan fingerprint density at radius 2 is 1.06 bits per heavy atom. The first-order valence-electron chi connectivity index (χ1n) is 25.8. The van der Waals surface area contributed by atoms with Crippen LogP contribution in [0.1, 0.15) is 135 Å². The number of furan rings is 1. The van der Waals surface area contributed by atoms with Crippen molar-refractivity contribution in [2.75, 3.05) is 10.2 Å². The maximum absolute atomic E-state index is 7.37. The molecule has 12 rings (SSSR count). The largest absolute Gasteiger partial charge is 0.453 e. The topological polar surface area (TPSA) is 28.4 Å². The first kappa shape index (κ1) is 42.8. The van der Waals surface area contributed by atoms with E-state index < -0.39 is 0 Å². The van der Waals surface area contributed by atoms with Gasteiger partial charge in [0.1, 0.15) is 5.58 Å². The number of nitrogens with one attached hydrogen (secondary N) is 1. The van der Waals surface area contributed by atoms with Gasteiger partial charge in [-0.3, -0.25) is 0 Å². The lowest BCUT2D eigenvalue weighted by atomic mass is 9.77. The molecule has 3 nitrogen and oxygen atoms in total. The van der Waals surface area contributed by atoms with Crippen molar-refractivity contribution in [3.05, 3.63) is 172 Å². The molecule has 0 saturated heterocycles. The van der Waals surface area contributed by atoms with Gasteiger partial charge in [0.05, 0.1) is 11.4 Å². The smallest absolute Gasteiger partial charge is 0.159 e. The van der Waals surface area contributed by atoms with Crippen molar-refractivity contribution in [2.45, 2.75) is 124 Å². The van der Waals surface area contributed by atoms with E-state index in [2.05, 4.69) is 185 Å². The average molecular weight is 889 g/mol. The lowest BCUT2D eigenvalue weighted by Gasteiger charge is -2.32. The van der Waals surface area contributed by atoms with Gasteiger partial charge in [0.2, 0.25) is 0 Å². The number of rotatable bonds is 9. The molecule has 2 aliphatic rings. The number of nitrogens with zero attached hydrogens (tertiary/aromatic N) is 1.